The minimum Gasteiger partial charge on any atom is -0.480 e. The van der Waals surface area contributed by atoms with Crippen LogP contribution in [0.4, 0.5) is 0 Å². The summed E-state index contributed by atoms with van der Waals surface area (Å²) >= 11 is 0. The fourth-order valence-corrected chi connectivity index (χ4v) is 2.18. The van der Waals surface area contributed by atoms with Crippen LogP contribution in [-0.2, 0) is 13.0 Å². The van der Waals surface area contributed by atoms with Gasteiger partial charge in [-0.3, -0.25) is 0 Å². The van der Waals surface area contributed by atoms with Crippen molar-refractivity contribution in [1.29, 1.82) is 0 Å². The predicted octanol–water partition coefficient (Wildman–Crippen LogP) is 0.896. The van der Waals surface area contributed by atoms with Gasteiger partial charge in [-0.25, -0.2) is 9.97 Å². The molecule has 19 heavy (non-hydrogen) atoms. The van der Waals surface area contributed by atoms with E-state index in [2.05, 4.69) is 25.5 Å². The standard InChI is InChI=1S/C13H15N5O/c1-8-9-7-14-6-5-10(9)16-13(15-8)11-3-4-12(19-2)18-17-11/h3-4,14H,5-7H2,1-2H3. The van der Waals surface area contributed by atoms with Crippen LogP contribution >= 0.6 is 0 Å². The van der Waals surface area contributed by atoms with E-state index in [4.69, 9.17) is 4.74 Å². The zero-order chi connectivity index (χ0) is 13.2. The smallest absolute Gasteiger partial charge is 0.233 e. The zero-order valence-corrected chi connectivity index (χ0v) is 11.0. The first-order valence-electron chi connectivity index (χ1n) is 6.23. The predicted molar refractivity (Wildman–Crippen MR) is 69.8 cm³/mol. The second-order valence-electron chi connectivity index (χ2n) is 4.45. The quantitative estimate of drug-likeness (QED) is 0.861. The lowest BCUT2D eigenvalue weighted by Gasteiger charge is -2.18. The third-order valence-corrected chi connectivity index (χ3v) is 3.22. The van der Waals surface area contributed by atoms with Crippen molar-refractivity contribution in [2.45, 2.75) is 19.9 Å². The van der Waals surface area contributed by atoms with Gasteiger partial charge in [0.15, 0.2) is 5.82 Å². The molecule has 1 aliphatic heterocycles. The highest BCUT2D eigenvalue weighted by atomic mass is 16.5. The number of rotatable bonds is 2. The van der Waals surface area contributed by atoms with E-state index in [1.165, 1.54) is 5.56 Å². The summed E-state index contributed by atoms with van der Waals surface area (Å²) < 4.78 is 5.00. The number of nitrogens with zero attached hydrogens (tertiary/aromatic N) is 4. The Hall–Kier alpha value is -2.08. The Bertz CT molecular complexity index is 597. The maximum Gasteiger partial charge on any atom is 0.233 e. The van der Waals surface area contributed by atoms with Crippen molar-refractivity contribution < 1.29 is 4.74 Å². The lowest BCUT2D eigenvalue weighted by Crippen LogP contribution is -2.26. The Kier molecular flexibility index (Phi) is 3.08. The Morgan fingerprint density at radius 3 is 2.84 bits per heavy atom. The second kappa shape index (κ2) is 4.89. The van der Waals surface area contributed by atoms with Crippen molar-refractivity contribution in [3.05, 3.63) is 29.1 Å². The fourth-order valence-electron chi connectivity index (χ4n) is 2.18. The molecule has 0 saturated heterocycles. The van der Waals surface area contributed by atoms with Crippen molar-refractivity contribution in [2.24, 2.45) is 0 Å². The molecule has 0 amide bonds. The van der Waals surface area contributed by atoms with Crippen molar-refractivity contribution in [2.75, 3.05) is 13.7 Å². The van der Waals surface area contributed by atoms with E-state index < -0.39 is 0 Å². The molecule has 3 rings (SSSR count). The van der Waals surface area contributed by atoms with Gasteiger partial charge >= 0.3 is 0 Å². The second-order valence-corrected chi connectivity index (χ2v) is 4.45. The van der Waals surface area contributed by atoms with Crippen molar-refractivity contribution in [3.63, 3.8) is 0 Å². The van der Waals surface area contributed by atoms with E-state index >= 15 is 0 Å². The van der Waals surface area contributed by atoms with Gasteiger partial charge in [0.25, 0.3) is 0 Å². The molecule has 6 heteroatoms. The molecule has 0 aliphatic carbocycles. The first-order valence-corrected chi connectivity index (χ1v) is 6.23. The normalized spacial score (nSPS) is 14.0. The number of nitrogens with one attached hydrogen (secondary N) is 1. The summed E-state index contributed by atoms with van der Waals surface area (Å²) in [5.41, 5.74) is 3.99. The summed E-state index contributed by atoms with van der Waals surface area (Å²) in [5.74, 6) is 1.12. The maximum atomic E-state index is 5.00. The van der Waals surface area contributed by atoms with E-state index in [0.29, 0.717) is 17.4 Å². The van der Waals surface area contributed by atoms with Gasteiger partial charge in [-0.2, -0.15) is 0 Å². The van der Waals surface area contributed by atoms with E-state index in [9.17, 15) is 0 Å². The molecule has 0 radical (unpaired) electrons. The minimum absolute atomic E-state index is 0.489. The Balaban J connectivity index is 2.02. The van der Waals surface area contributed by atoms with Crippen LogP contribution in [0.1, 0.15) is 17.0 Å². The summed E-state index contributed by atoms with van der Waals surface area (Å²) in [7, 11) is 1.57. The molecule has 2 aromatic rings. The third kappa shape index (κ3) is 2.26. The molecular formula is C13H15N5O. The highest BCUT2D eigenvalue weighted by Crippen LogP contribution is 2.20. The van der Waals surface area contributed by atoms with Crippen LogP contribution in [0.15, 0.2) is 12.1 Å². The summed E-state index contributed by atoms with van der Waals surface area (Å²) in [6.07, 6.45) is 0.926. The molecule has 3 heterocycles. The fraction of sp³-hybridized carbons (Fsp3) is 0.385. The number of aromatic nitrogens is 4. The number of ether oxygens (including phenoxy) is 1. The summed E-state index contributed by atoms with van der Waals surface area (Å²) in [5, 5.41) is 11.4. The Morgan fingerprint density at radius 2 is 2.11 bits per heavy atom. The van der Waals surface area contributed by atoms with Gasteiger partial charge in [0.1, 0.15) is 5.69 Å². The van der Waals surface area contributed by atoms with Crippen molar-refractivity contribution >= 4 is 0 Å². The first kappa shape index (κ1) is 12.0. The molecular weight excluding hydrogens is 242 g/mol. The number of aryl methyl sites for hydroxylation is 1. The van der Waals surface area contributed by atoms with Gasteiger partial charge in [0.2, 0.25) is 5.88 Å². The molecule has 98 valence electrons. The number of hydrogen-bond donors (Lipinski definition) is 1. The van der Waals surface area contributed by atoms with Crippen LogP contribution in [0, 0.1) is 6.92 Å². The minimum atomic E-state index is 0.489. The topological polar surface area (TPSA) is 72.8 Å². The molecule has 0 bridgehead atoms. The lowest BCUT2D eigenvalue weighted by atomic mass is 10.1. The summed E-state index contributed by atoms with van der Waals surface area (Å²) in [4.78, 5) is 9.12. The van der Waals surface area contributed by atoms with E-state index in [1.807, 2.05) is 13.0 Å². The van der Waals surface area contributed by atoms with Gasteiger partial charge in [-0.15, -0.1) is 10.2 Å². The van der Waals surface area contributed by atoms with Crippen molar-refractivity contribution in [3.8, 4) is 17.4 Å². The van der Waals surface area contributed by atoms with E-state index in [1.54, 1.807) is 13.2 Å². The average Bonchev–Trinajstić information content (AvgIpc) is 2.47. The summed E-state index contributed by atoms with van der Waals surface area (Å²) in [6.45, 7) is 3.81. The molecule has 0 fully saturated rings. The maximum absolute atomic E-state index is 5.00. The zero-order valence-electron chi connectivity index (χ0n) is 11.0. The Morgan fingerprint density at radius 1 is 1.21 bits per heavy atom. The van der Waals surface area contributed by atoms with E-state index in [0.717, 1.165) is 30.9 Å². The molecule has 0 saturated carbocycles. The van der Waals surface area contributed by atoms with Crippen LogP contribution in [-0.4, -0.2) is 33.8 Å². The molecule has 0 unspecified atom stereocenters. The van der Waals surface area contributed by atoms with Crippen LogP contribution in [0.2, 0.25) is 0 Å². The van der Waals surface area contributed by atoms with Crippen LogP contribution in [0.25, 0.3) is 11.5 Å². The first-order chi connectivity index (χ1) is 9.28. The van der Waals surface area contributed by atoms with Gasteiger partial charge in [0, 0.05) is 36.8 Å². The van der Waals surface area contributed by atoms with Gasteiger partial charge in [-0.1, -0.05) is 0 Å². The molecule has 1 N–H and O–H groups in total. The van der Waals surface area contributed by atoms with Crippen LogP contribution in [0.5, 0.6) is 5.88 Å². The lowest BCUT2D eigenvalue weighted by molar-refractivity contribution is 0.392. The monoisotopic (exact) mass is 257 g/mol. The number of hydrogen-bond acceptors (Lipinski definition) is 6. The molecule has 1 aliphatic rings. The average molecular weight is 257 g/mol. The molecule has 0 atom stereocenters. The van der Waals surface area contributed by atoms with Gasteiger partial charge < -0.3 is 10.1 Å². The van der Waals surface area contributed by atoms with Gasteiger partial charge in [-0.05, 0) is 13.0 Å². The highest BCUT2D eigenvalue weighted by Gasteiger charge is 2.16. The van der Waals surface area contributed by atoms with Crippen LogP contribution in [0.3, 0.4) is 0 Å². The van der Waals surface area contributed by atoms with E-state index in [-0.39, 0.29) is 0 Å². The third-order valence-electron chi connectivity index (χ3n) is 3.22. The van der Waals surface area contributed by atoms with Crippen molar-refractivity contribution in [1.82, 2.24) is 25.5 Å². The molecule has 0 spiro atoms. The Labute approximate surface area is 111 Å². The molecule has 0 aromatic carbocycles. The number of methoxy groups -OCH3 is 1. The highest BCUT2D eigenvalue weighted by molar-refractivity contribution is 5.50. The SMILES string of the molecule is COc1ccc(-c2nc(C)c3c(n2)CCNC3)nn1. The molecule has 2 aromatic heterocycles. The number of fused-ring (bicyclic) bond motifs is 1. The largest absolute Gasteiger partial charge is 0.480 e. The summed E-state index contributed by atoms with van der Waals surface area (Å²) in [6, 6.07) is 3.59. The van der Waals surface area contributed by atoms with Gasteiger partial charge in [0.05, 0.1) is 12.8 Å². The molecule has 6 nitrogen and oxygen atoms in total. The van der Waals surface area contributed by atoms with Crippen LogP contribution < -0.4 is 10.1 Å².